The van der Waals surface area contributed by atoms with E-state index in [9.17, 15) is 9.18 Å². The standard InChI is InChI=1S/C16H16FNO3/c1-9(2)13-7-4-10(8-18-13)14-12(17)6-5-11(16(19)20)15(14)21-3/h4-9H,1-3H3,(H,19,20). The molecule has 1 N–H and O–H groups in total. The lowest BCUT2D eigenvalue weighted by Crippen LogP contribution is -2.04. The van der Waals surface area contributed by atoms with Gasteiger partial charge in [-0.3, -0.25) is 4.98 Å². The molecule has 2 rings (SSSR count). The number of benzene rings is 1. The summed E-state index contributed by atoms with van der Waals surface area (Å²) in [6, 6.07) is 5.83. The maximum atomic E-state index is 14.1. The van der Waals surface area contributed by atoms with Crippen LogP contribution in [0.1, 0.15) is 35.8 Å². The number of carbonyl (C=O) groups is 1. The molecule has 0 aliphatic carbocycles. The van der Waals surface area contributed by atoms with E-state index < -0.39 is 11.8 Å². The summed E-state index contributed by atoms with van der Waals surface area (Å²) >= 11 is 0. The smallest absolute Gasteiger partial charge is 0.339 e. The number of pyridine rings is 1. The molecule has 0 amide bonds. The summed E-state index contributed by atoms with van der Waals surface area (Å²) in [4.78, 5) is 15.5. The summed E-state index contributed by atoms with van der Waals surface area (Å²) in [7, 11) is 1.32. The van der Waals surface area contributed by atoms with Crippen molar-refractivity contribution in [2.24, 2.45) is 0 Å². The van der Waals surface area contributed by atoms with E-state index in [0.717, 1.165) is 11.8 Å². The molecule has 0 fully saturated rings. The van der Waals surface area contributed by atoms with Gasteiger partial charge in [0.1, 0.15) is 17.1 Å². The van der Waals surface area contributed by atoms with Gasteiger partial charge in [0.15, 0.2) is 0 Å². The largest absolute Gasteiger partial charge is 0.495 e. The zero-order valence-electron chi connectivity index (χ0n) is 12.1. The van der Waals surface area contributed by atoms with Gasteiger partial charge < -0.3 is 9.84 Å². The lowest BCUT2D eigenvalue weighted by Gasteiger charge is -2.13. The summed E-state index contributed by atoms with van der Waals surface area (Å²) in [6.07, 6.45) is 1.53. The van der Waals surface area contributed by atoms with E-state index in [-0.39, 0.29) is 22.8 Å². The van der Waals surface area contributed by atoms with Crippen LogP contribution in [0.4, 0.5) is 4.39 Å². The van der Waals surface area contributed by atoms with Gasteiger partial charge in [0.05, 0.1) is 12.7 Å². The van der Waals surface area contributed by atoms with Crippen LogP contribution in [0.3, 0.4) is 0 Å². The number of carboxylic acids is 1. The number of rotatable bonds is 4. The first-order valence-corrected chi connectivity index (χ1v) is 6.51. The minimum Gasteiger partial charge on any atom is -0.495 e. The van der Waals surface area contributed by atoms with Crippen LogP contribution < -0.4 is 4.74 Å². The van der Waals surface area contributed by atoms with Crippen molar-refractivity contribution >= 4 is 5.97 Å². The second-order valence-corrected chi connectivity index (χ2v) is 4.93. The maximum Gasteiger partial charge on any atom is 0.339 e. The van der Waals surface area contributed by atoms with Gasteiger partial charge in [-0.2, -0.15) is 0 Å². The van der Waals surface area contributed by atoms with Crippen LogP contribution in [-0.2, 0) is 0 Å². The van der Waals surface area contributed by atoms with Crippen LogP contribution in [0, 0.1) is 5.82 Å². The summed E-state index contributed by atoms with van der Waals surface area (Å²) in [6.45, 7) is 4.02. The number of carboxylic acid groups (broad SMARTS) is 1. The molecule has 0 bridgehead atoms. The topological polar surface area (TPSA) is 59.4 Å². The van der Waals surface area contributed by atoms with E-state index >= 15 is 0 Å². The monoisotopic (exact) mass is 289 g/mol. The predicted octanol–water partition coefficient (Wildman–Crippen LogP) is 3.72. The third-order valence-corrected chi connectivity index (χ3v) is 3.21. The van der Waals surface area contributed by atoms with Crippen molar-refractivity contribution < 1.29 is 19.0 Å². The summed E-state index contributed by atoms with van der Waals surface area (Å²) in [5, 5.41) is 9.16. The molecule has 1 heterocycles. The molecule has 0 saturated carbocycles. The zero-order valence-corrected chi connectivity index (χ0v) is 12.1. The van der Waals surface area contributed by atoms with E-state index in [4.69, 9.17) is 9.84 Å². The molecule has 21 heavy (non-hydrogen) atoms. The highest BCUT2D eigenvalue weighted by Crippen LogP contribution is 2.35. The minimum atomic E-state index is -1.17. The molecule has 0 atom stereocenters. The van der Waals surface area contributed by atoms with Crippen LogP contribution in [-0.4, -0.2) is 23.2 Å². The Bertz CT molecular complexity index is 666. The molecule has 0 aliphatic heterocycles. The molecule has 4 nitrogen and oxygen atoms in total. The highest BCUT2D eigenvalue weighted by atomic mass is 19.1. The van der Waals surface area contributed by atoms with Gasteiger partial charge >= 0.3 is 5.97 Å². The number of hydrogen-bond acceptors (Lipinski definition) is 3. The normalized spacial score (nSPS) is 10.7. The molecule has 0 radical (unpaired) electrons. The van der Waals surface area contributed by atoms with E-state index in [1.54, 1.807) is 12.1 Å². The number of halogens is 1. The second-order valence-electron chi connectivity index (χ2n) is 4.93. The predicted molar refractivity (Wildman–Crippen MR) is 77.2 cm³/mol. The van der Waals surface area contributed by atoms with Crippen molar-refractivity contribution in [1.29, 1.82) is 0 Å². The Morgan fingerprint density at radius 3 is 2.48 bits per heavy atom. The molecule has 110 valence electrons. The first-order chi connectivity index (χ1) is 9.95. The Kier molecular flexibility index (Phi) is 4.21. The number of nitrogens with zero attached hydrogens (tertiary/aromatic N) is 1. The summed E-state index contributed by atoms with van der Waals surface area (Å²) in [5.74, 6) is -1.45. The highest BCUT2D eigenvalue weighted by molar-refractivity contribution is 5.94. The van der Waals surface area contributed by atoms with Crippen LogP contribution in [0.5, 0.6) is 5.75 Å². The molecular formula is C16H16FNO3. The number of aromatic carboxylic acids is 1. The SMILES string of the molecule is COc1c(C(=O)O)ccc(F)c1-c1ccc(C(C)C)nc1. The molecule has 0 unspecified atom stereocenters. The van der Waals surface area contributed by atoms with Crippen molar-refractivity contribution in [3.63, 3.8) is 0 Å². The molecule has 0 aliphatic rings. The third-order valence-electron chi connectivity index (χ3n) is 3.21. The fourth-order valence-electron chi connectivity index (χ4n) is 2.10. The van der Waals surface area contributed by atoms with Crippen LogP contribution in [0.2, 0.25) is 0 Å². The zero-order chi connectivity index (χ0) is 15.6. The Balaban J connectivity index is 2.62. The Labute approximate surface area is 122 Å². The minimum absolute atomic E-state index is 0.00148. The average molecular weight is 289 g/mol. The van der Waals surface area contributed by atoms with Crippen molar-refractivity contribution in [2.45, 2.75) is 19.8 Å². The highest BCUT2D eigenvalue weighted by Gasteiger charge is 2.20. The lowest BCUT2D eigenvalue weighted by molar-refractivity contribution is 0.0693. The van der Waals surface area contributed by atoms with E-state index in [1.165, 1.54) is 19.4 Å². The van der Waals surface area contributed by atoms with Gasteiger partial charge in [0.25, 0.3) is 0 Å². The van der Waals surface area contributed by atoms with Gasteiger partial charge in [-0.15, -0.1) is 0 Å². The Morgan fingerprint density at radius 1 is 1.29 bits per heavy atom. The van der Waals surface area contributed by atoms with Crippen LogP contribution >= 0.6 is 0 Å². The number of methoxy groups -OCH3 is 1. The fourth-order valence-corrected chi connectivity index (χ4v) is 2.10. The van der Waals surface area contributed by atoms with Crippen molar-refractivity contribution in [3.05, 3.63) is 47.5 Å². The van der Waals surface area contributed by atoms with Crippen molar-refractivity contribution in [1.82, 2.24) is 4.98 Å². The van der Waals surface area contributed by atoms with Gasteiger partial charge in [-0.1, -0.05) is 19.9 Å². The van der Waals surface area contributed by atoms with Crippen LogP contribution in [0.15, 0.2) is 30.5 Å². The molecule has 0 saturated heterocycles. The first kappa shape index (κ1) is 15.0. The van der Waals surface area contributed by atoms with Gasteiger partial charge in [0.2, 0.25) is 0 Å². The molecular weight excluding hydrogens is 273 g/mol. The first-order valence-electron chi connectivity index (χ1n) is 6.51. The molecule has 2 aromatic rings. The Morgan fingerprint density at radius 2 is 2.00 bits per heavy atom. The fraction of sp³-hybridized carbons (Fsp3) is 0.250. The van der Waals surface area contributed by atoms with E-state index in [2.05, 4.69) is 4.98 Å². The number of ether oxygens (including phenoxy) is 1. The molecule has 5 heteroatoms. The number of aromatic nitrogens is 1. The quantitative estimate of drug-likeness (QED) is 0.932. The molecule has 0 spiro atoms. The lowest BCUT2D eigenvalue weighted by atomic mass is 10.0. The third kappa shape index (κ3) is 2.86. The molecule has 1 aromatic heterocycles. The average Bonchev–Trinajstić information content (AvgIpc) is 2.46. The maximum absolute atomic E-state index is 14.1. The van der Waals surface area contributed by atoms with Gasteiger partial charge in [-0.05, 0) is 24.1 Å². The second kappa shape index (κ2) is 5.91. The van der Waals surface area contributed by atoms with Crippen LogP contribution in [0.25, 0.3) is 11.1 Å². The Hall–Kier alpha value is -2.43. The van der Waals surface area contributed by atoms with Gasteiger partial charge in [0, 0.05) is 17.5 Å². The summed E-state index contributed by atoms with van der Waals surface area (Å²) in [5.41, 5.74) is 1.39. The summed E-state index contributed by atoms with van der Waals surface area (Å²) < 4.78 is 19.2. The van der Waals surface area contributed by atoms with Crippen molar-refractivity contribution in [2.75, 3.05) is 7.11 Å². The molecule has 1 aromatic carbocycles. The number of hydrogen-bond donors (Lipinski definition) is 1. The van der Waals surface area contributed by atoms with E-state index in [1.807, 2.05) is 13.8 Å². The van der Waals surface area contributed by atoms with E-state index in [0.29, 0.717) is 5.56 Å². The van der Waals surface area contributed by atoms with Crippen molar-refractivity contribution in [3.8, 4) is 16.9 Å². The van der Waals surface area contributed by atoms with Gasteiger partial charge in [-0.25, -0.2) is 9.18 Å².